The second-order valence-electron chi connectivity index (χ2n) is 15.3. The number of thiophene rings is 1. The lowest BCUT2D eigenvalue weighted by molar-refractivity contribution is 1.18. The van der Waals surface area contributed by atoms with Gasteiger partial charge in [0.05, 0.1) is 33.1 Å². The zero-order valence-corrected chi connectivity index (χ0v) is 32.1. The van der Waals surface area contributed by atoms with Crippen LogP contribution in [0.1, 0.15) is 0 Å². The maximum absolute atomic E-state index is 2.46. The molecule has 0 saturated carbocycles. The lowest BCUT2D eigenvalue weighted by Crippen LogP contribution is -1.93. The summed E-state index contributed by atoms with van der Waals surface area (Å²) < 4.78 is 9.90. The molecule has 13 aromatic rings. The van der Waals surface area contributed by atoms with E-state index in [1.54, 1.807) is 0 Å². The third-order valence-corrected chi connectivity index (χ3v) is 13.3. The van der Waals surface area contributed by atoms with Gasteiger partial charge in [0.25, 0.3) is 0 Å². The van der Waals surface area contributed by atoms with Gasteiger partial charge in [-0.1, -0.05) is 103 Å². The van der Waals surface area contributed by atoms with Gasteiger partial charge in [-0.15, -0.1) is 11.3 Å². The molecule has 0 aliphatic carbocycles. The first-order valence-corrected chi connectivity index (χ1v) is 20.7. The van der Waals surface area contributed by atoms with Crippen molar-refractivity contribution in [1.29, 1.82) is 0 Å². The van der Waals surface area contributed by atoms with Crippen LogP contribution in [0.4, 0.5) is 0 Å². The van der Waals surface area contributed by atoms with E-state index in [0.717, 1.165) is 5.69 Å². The van der Waals surface area contributed by atoms with Gasteiger partial charge in [-0.2, -0.15) is 0 Å². The summed E-state index contributed by atoms with van der Waals surface area (Å²) in [4.78, 5) is 0. The highest BCUT2D eigenvalue weighted by atomic mass is 32.1. The maximum Gasteiger partial charge on any atom is 0.0548 e. The summed E-state index contributed by atoms with van der Waals surface area (Å²) in [5.41, 5.74) is 13.2. The molecule has 4 heteroatoms. The summed E-state index contributed by atoms with van der Waals surface area (Å²) >= 11 is 1.90. The van der Waals surface area contributed by atoms with Gasteiger partial charge in [0.1, 0.15) is 0 Å². The van der Waals surface area contributed by atoms with Gasteiger partial charge >= 0.3 is 0 Å². The fraction of sp³-hybridized carbons (Fsp3) is 0. The normalized spacial score (nSPS) is 12.1. The molecular weight excluding hydrogens is 723 g/mol. The minimum absolute atomic E-state index is 1.16. The zero-order valence-electron chi connectivity index (χ0n) is 31.3. The molecule has 0 aliphatic heterocycles. The predicted molar refractivity (Wildman–Crippen MR) is 248 cm³/mol. The van der Waals surface area contributed by atoms with Crippen molar-refractivity contribution in [2.24, 2.45) is 0 Å². The molecule has 13 rings (SSSR count). The molecule has 0 aliphatic rings. The number of hydrogen-bond acceptors (Lipinski definition) is 1. The molecule has 0 atom stereocenters. The molecule has 9 aromatic carbocycles. The van der Waals surface area contributed by atoms with Gasteiger partial charge in [0, 0.05) is 69.6 Å². The number of fused-ring (bicyclic) bond motifs is 14. The summed E-state index contributed by atoms with van der Waals surface area (Å²) in [6, 6.07) is 73.5. The van der Waals surface area contributed by atoms with Crippen molar-refractivity contribution in [2.75, 3.05) is 0 Å². The van der Waals surface area contributed by atoms with Crippen molar-refractivity contribution in [3.63, 3.8) is 0 Å². The highest BCUT2D eigenvalue weighted by Crippen LogP contribution is 2.48. The number of rotatable bonds is 4. The quantitative estimate of drug-likeness (QED) is 0.170. The molecule has 0 saturated heterocycles. The van der Waals surface area contributed by atoms with Crippen molar-refractivity contribution >= 4 is 96.9 Å². The maximum atomic E-state index is 2.46. The number of hydrogen-bond donors (Lipinski definition) is 0. The number of aromatic nitrogens is 3. The summed E-state index contributed by atoms with van der Waals surface area (Å²) in [5.74, 6) is 0. The van der Waals surface area contributed by atoms with Gasteiger partial charge in [0.2, 0.25) is 0 Å². The van der Waals surface area contributed by atoms with Crippen LogP contribution in [0.5, 0.6) is 0 Å². The van der Waals surface area contributed by atoms with Crippen LogP contribution in [0, 0.1) is 0 Å². The van der Waals surface area contributed by atoms with E-state index >= 15 is 0 Å². The monoisotopic (exact) mass is 755 g/mol. The Morgan fingerprint density at radius 3 is 1.19 bits per heavy atom. The van der Waals surface area contributed by atoms with Crippen LogP contribution in [-0.4, -0.2) is 13.7 Å². The van der Waals surface area contributed by atoms with E-state index in [1.807, 2.05) is 11.3 Å². The van der Waals surface area contributed by atoms with E-state index in [0.29, 0.717) is 0 Å². The number of benzene rings is 9. The zero-order chi connectivity index (χ0) is 37.9. The van der Waals surface area contributed by atoms with Crippen molar-refractivity contribution in [3.05, 3.63) is 200 Å². The van der Waals surface area contributed by atoms with Crippen molar-refractivity contribution < 1.29 is 0 Å². The number of para-hydroxylation sites is 5. The van der Waals surface area contributed by atoms with E-state index in [1.165, 1.54) is 108 Å². The molecule has 0 unspecified atom stereocenters. The van der Waals surface area contributed by atoms with Gasteiger partial charge in [0.15, 0.2) is 0 Å². The van der Waals surface area contributed by atoms with Crippen molar-refractivity contribution in [1.82, 2.24) is 13.7 Å². The molecular formula is C54H33N3S. The fourth-order valence-electron chi connectivity index (χ4n) is 9.82. The minimum Gasteiger partial charge on any atom is -0.309 e. The average Bonchev–Trinajstić information content (AvgIpc) is 4.03. The molecule has 0 spiro atoms. The van der Waals surface area contributed by atoms with Gasteiger partial charge in [-0.05, 0) is 108 Å². The molecule has 3 nitrogen and oxygen atoms in total. The Balaban J connectivity index is 1.14. The van der Waals surface area contributed by atoms with Crippen LogP contribution in [0.15, 0.2) is 200 Å². The van der Waals surface area contributed by atoms with Crippen LogP contribution in [0.2, 0.25) is 0 Å². The van der Waals surface area contributed by atoms with Crippen LogP contribution >= 0.6 is 11.3 Å². The lowest BCUT2D eigenvalue weighted by Gasteiger charge is -2.09. The van der Waals surface area contributed by atoms with E-state index < -0.39 is 0 Å². The molecule has 4 aromatic heterocycles. The summed E-state index contributed by atoms with van der Waals surface area (Å²) in [7, 11) is 0. The Hall–Kier alpha value is -7.40. The first-order chi connectivity index (χ1) is 28.8. The Labute approximate surface area is 337 Å². The first-order valence-electron chi connectivity index (χ1n) is 19.9. The summed E-state index contributed by atoms with van der Waals surface area (Å²) in [6.07, 6.45) is 0. The summed E-state index contributed by atoms with van der Waals surface area (Å²) in [5, 5.41) is 10.3. The number of nitrogens with zero attached hydrogens (tertiary/aromatic N) is 3. The third kappa shape index (κ3) is 4.38. The Bertz CT molecular complexity index is 3770. The van der Waals surface area contributed by atoms with E-state index in [2.05, 4.69) is 214 Å². The predicted octanol–water partition coefficient (Wildman–Crippen LogP) is 15.0. The van der Waals surface area contributed by atoms with Crippen LogP contribution in [0.3, 0.4) is 0 Å². The second kappa shape index (κ2) is 12.1. The molecule has 4 heterocycles. The molecule has 0 amide bonds. The van der Waals surface area contributed by atoms with Gasteiger partial charge < -0.3 is 13.7 Å². The molecule has 270 valence electrons. The fourth-order valence-corrected chi connectivity index (χ4v) is 10.9. The Morgan fingerprint density at radius 2 is 0.638 bits per heavy atom. The van der Waals surface area contributed by atoms with Gasteiger partial charge in [-0.3, -0.25) is 0 Å². The largest absolute Gasteiger partial charge is 0.309 e. The van der Waals surface area contributed by atoms with E-state index in [9.17, 15) is 0 Å². The van der Waals surface area contributed by atoms with Crippen LogP contribution in [-0.2, 0) is 0 Å². The van der Waals surface area contributed by atoms with Gasteiger partial charge in [-0.25, -0.2) is 0 Å². The first kappa shape index (κ1) is 31.8. The lowest BCUT2D eigenvalue weighted by atomic mass is 9.98. The average molecular weight is 756 g/mol. The second-order valence-corrected chi connectivity index (χ2v) is 16.4. The minimum atomic E-state index is 1.16. The topological polar surface area (TPSA) is 14.8 Å². The molecule has 0 fully saturated rings. The molecule has 58 heavy (non-hydrogen) atoms. The highest BCUT2D eigenvalue weighted by Gasteiger charge is 2.23. The highest BCUT2D eigenvalue weighted by molar-refractivity contribution is 7.26. The molecule has 0 bridgehead atoms. The third-order valence-electron chi connectivity index (χ3n) is 12.2. The standard InChI is InChI=1S/C54H33N3S/c1-4-14-36(15-5-1)55-43-22-12-10-20-39(43)41-32-34(24-26-45(41)55)35-25-27-46-42(33-35)52-48(57(46)38-18-8-3-9-19-38)29-31-50-54(52)53-49(58-50)30-28-47-51(53)40-21-11-13-23-44(40)56(47)37-16-6-2-7-17-37/h1-33H. The van der Waals surface area contributed by atoms with Crippen molar-refractivity contribution in [3.8, 4) is 28.2 Å². The van der Waals surface area contributed by atoms with E-state index in [4.69, 9.17) is 0 Å². The summed E-state index contributed by atoms with van der Waals surface area (Å²) in [6.45, 7) is 0. The Morgan fingerprint density at radius 1 is 0.259 bits per heavy atom. The smallest absolute Gasteiger partial charge is 0.0548 e. The Kier molecular flexibility index (Phi) is 6.60. The van der Waals surface area contributed by atoms with Crippen LogP contribution in [0.25, 0.3) is 114 Å². The van der Waals surface area contributed by atoms with Crippen LogP contribution < -0.4 is 0 Å². The van der Waals surface area contributed by atoms with E-state index in [-0.39, 0.29) is 0 Å². The molecule has 0 N–H and O–H groups in total. The SMILES string of the molecule is c1ccc(-n2c3ccccc3c3cc(-c4ccc5c(c4)c4c6c(ccc4n5-c4ccccc4)sc4ccc5c(c7ccccc7n5-c5ccccc5)c46)ccc32)cc1. The van der Waals surface area contributed by atoms with Crippen molar-refractivity contribution in [2.45, 2.75) is 0 Å². The molecule has 0 radical (unpaired) electrons.